The lowest BCUT2D eigenvalue weighted by molar-refractivity contribution is 0.0771. The van der Waals surface area contributed by atoms with Crippen LogP contribution in [0, 0.1) is 0 Å². The average molecular weight is 254 g/mol. The van der Waals surface area contributed by atoms with Crippen molar-refractivity contribution in [3.05, 3.63) is 34.2 Å². The van der Waals surface area contributed by atoms with E-state index < -0.39 is 10.8 Å². The molecule has 0 bridgehead atoms. The fraction of sp³-hybridized carbons (Fsp3) is 0.455. The standard InChI is InChI=1S/C11H14N2O3S/c1-12-3-2-9(8-10(12)14)11(15)13-4-6-17(16)7-5-13/h2-3,8H,4-7H2,1H3. The van der Waals surface area contributed by atoms with E-state index in [4.69, 9.17) is 0 Å². The monoisotopic (exact) mass is 254 g/mol. The zero-order valence-electron chi connectivity index (χ0n) is 9.59. The van der Waals surface area contributed by atoms with E-state index in [9.17, 15) is 13.8 Å². The second kappa shape index (κ2) is 4.83. The number of carbonyl (C=O) groups is 1. The highest BCUT2D eigenvalue weighted by molar-refractivity contribution is 7.85. The van der Waals surface area contributed by atoms with Gasteiger partial charge in [0.2, 0.25) is 0 Å². The summed E-state index contributed by atoms with van der Waals surface area (Å²) in [6.07, 6.45) is 1.58. The Balaban J connectivity index is 2.17. The first-order chi connectivity index (χ1) is 8.08. The highest BCUT2D eigenvalue weighted by Crippen LogP contribution is 2.06. The van der Waals surface area contributed by atoms with Crippen molar-refractivity contribution in [2.75, 3.05) is 24.6 Å². The zero-order chi connectivity index (χ0) is 12.4. The molecule has 1 aliphatic heterocycles. The number of amides is 1. The normalized spacial score (nSPS) is 17.1. The fourth-order valence-corrected chi connectivity index (χ4v) is 2.76. The van der Waals surface area contributed by atoms with Gasteiger partial charge in [-0.05, 0) is 6.07 Å². The molecular formula is C11H14N2O3S. The molecule has 1 saturated heterocycles. The van der Waals surface area contributed by atoms with Gasteiger partial charge in [0.25, 0.3) is 11.5 Å². The third kappa shape index (κ3) is 2.63. The fourth-order valence-electron chi connectivity index (χ4n) is 1.71. The van der Waals surface area contributed by atoms with E-state index in [1.54, 1.807) is 24.2 Å². The van der Waals surface area contributed by atoms with Crippen molar-refractivity contribution in [1.29, 1.82) is 0 Å². The molecule has 5 nitrogen and oxygen atoms in total. The smallest absolute Gasteiger partial charge is 0.254 e. The van der Waals surface area contributed by atoms with E-state index >= 15 is 0 Å². The van der Waals surface area contributed by atoms with Gasteiger partial charge < -0.3 is 9.47 Å². The van der Waals surface area contributed by atoms with Crippen LogP contribution in [0.15, 0.2) is 23.1 Å². The van der Waals surface area contributed by atoms with Crippen molar-refractivity contribution in [3.8, 4) is 0 Å². The topological polar surface area (TPSA) is 59.4 Å². The molecule has 1 amide bonds. The summed E-state index contributed by atoms with van der Waals surface area (Å²) in [6, 6.07) is 2.98. The summed E-state index contributed by atoms with van der Waals surface area (Å²) in [6.45, 7) is 1.00. The van der Waals surface area contributed by atoms with Crippen LogP contribution >= 0.6 is 0 Å². The minimum atomic E-state index is -0.802. The number of hydrogen-bond donors (Lipinski definition) is 0. The van der Waals surface area contributed by atoms with Crippen molar-refractivity contribution in [3.63, 3.8) is 0 Å². The van der Waals surface area contributed by atoms with Gasteiger partial charge in [-0.25, -0.2) is 0 Å². The molecule has 1 aliphatic rings. The maximum atomic E-state index is 12.0. The molecule has 2 rings (SSSR count). The molecule has 2 heterocycles. The molecule has 0 saturated carbocycles. The van der Waals surface area contributed by atoms with E-state index in [2.05, 4.69) is 0 Å². The third-order valence-corrected chi connectivity index (χ3v) is 4.09. The summed E-state index contributed by atoms with van der Waals surface area (Å²) in [5.74, 6) is 0.895. The SMILES string of the molecule is Cn1ccc(C(=O)N2CCS(=O)CC2)cc1=O. The summed E-state index contributed by atoms with van der Waals surface area (Å²) in [7, 11) is 0.838. The van der Waals surface area contributed by atoms with Crippen LogP contribution in [0.3, 0.4) is 0 Å². The second-order valence-corrected chi connectivity index (χ2v) is 5.70. The van der Waals surface area contributed by atoms with Crippen LogP contribution in [0.5, 0.6) is 0 Å². The lowest BCUT2D eigenvalue weighted by Crippen LogP contribution is -2.42. The van der Waals surface area contributed by atoms with Crippen molar-refractivity contribution in [2.45, 2.75) is 0 Å². The summed E-state index contributed by atoms with van der Waals surface area (Å²) < 4.78 is 12.6. The van der Waals surface area contributed by atoms with E-state index in [1.165, 1.54) is 10.6 Å². The average Bonchev–Trinajstić information content (AvgIpc) is 2.33. The molecule has 0 aromatic carbocycles. The van der Waals surface area contributed by atoms with Crippen molar-refractivity contribution < 1.29 is 9.00 Å². The van der Waals surface area contributed by atoms with E-state index in [0.29, 0.717) is 30.2 Å². The molecule has 0 spiro atoms. The molecule has 0 N–H and O–H groups in total. The molecule has 0 atom stereocenters. The Morgan fingerprint density at radius 3 is 2.59 bits per heavy atom. The van der Waals surface area contributed by atoms with Gasteiger partial charge in [0.05, 0.1) is 0 Å². The number of hydrogen-bond acceptors (Lipinski definition) is 3. The summed E-state index contributed by atoms with van der Waals surface area (Å²) >= 11 is 0. The van der Waals surface area contributed by atoms with Crippen molar-refractivity contribution in [2.24, 2.45) is 7.05 Å². The van der Waals surface area contributed by atoms with Gasteiger partial charge in [0, 0.05) is 60.3 Å². The van der Waals surface area contributed by atoms with Gasteiger partial charge in [-0.2, -0.15) is 0 Å². The van der Waals surface area contributed by atoms with Crippen molar-refractivity contribution >= 4 is 16.7 Å². The largest absolute Gasteiger partial charge is 0.337 e. The van der Waals surface area contributed by atoms with Gasteiger partial charge in [-0.1, -0.05) is 0 Å². The third-order valence-electron chi connectivity index (χ3n) is 2.82. The highest BCUT2D eigenvalue weighted by Gasteiger charge is 2.21. The first-order valence-corrected chi connectivity index (χ1v) is 6.87. The lowest BCUT2D eigenvalue weighted by atomic mass is 10.2. The quantitative estimate of drug-likeness (QED) is 0.684. The number of rotatable bonds is 1. The first kappa shape index (κ1) is 12.0. The van der Waals surface area contributed by atoms with Crippen LogP contribution in [0.25, 0.3) is 0 Å². The van der Waals surface area contributed by atoms with E-state index in [0.717, 1.165) is 0 Å². The Bertz CT molecular complexity index is 514. The minimum absolute atomic E-state index is 0.153. The second-order valence-electron chi connectivity index (χ2n) is 4.00. The molecule has 1 aromatic heterocycles. The zero-order valence-corrected chi connectivity index (χ0v) is 10.4. The molecule has 1 aromatic rings. The summed E-state index contributed by atoms with van der Waals surface area (Å²) in [5.41, 5.74) is 0.206. The number of nitrogens with zero attached hydrogens (tertiary/aromatic N) is 2. The molecule has 0 aliphatic carbocycles. The maximum Gasteiger partial charge on any atom is 0.254 e. The van der Waals surface area contributed by atoms with Crippen LogP contribution in [-0.2, 0) is 17.8 Å². The molecule has 92 valence electrons. The predicted molar refractivity (Wildman–Crippen MR) is 65.5 cm³/mol. The molecule has 0 unspecified atom stereocenters. The maximum absolute atomic E-state index is 12.0. The number of pyridine rings is 1. The van der Waals surface area contributed by atoms with Gasteiger partial charge in [0.15, 0.2) is 0 Å². The van der Waals surface area contributed by atoms with Crippen LogP contribution in [-0.4, -0.2) is 44.2 Å². The number of aromatic nitrogens is 1. The molecular weight excluding hydrogens is 240 g/mol. The minimum Gasteiger partial charge on any atom is -0.337 e. The summed E-state index contributed by atoms with van der Waals surface area (Å²) in [5, 5.41) is 0. The first-order valence-electron chi connectivity index (χ1n) is 5.39. The van der Waals surface area contributed by atoms with Gasteiger partial charge >= 0.3 is 0 Å². The molecule has 17 heavy (non-hydrogen) atoms. The predicted octanol–water partition coefficient (Wildman–Crippen LogP) is -0.410. The molecule has 6 heteroatoms. The Labute approximate surface area is 102 Å². The van der Waals surface area contributed by atoms with Gasteiger partial charge in [-0.15, -0.1) is 0 Å². The van der Waals surface area contributed by atoms with E-state index in [-0.39, 0.29) is 11.5 Å². The van der Waals surface area contributed by atoms with Gasteiger partial charge in [-0.3, -0.25) is 13.8 Å². The Kier molecular flexibility index (Phi) is 3.42. The van der Waals surface area contributed by atoms with E-state index in [1.807, 2.05) is 0 Å². The summed E-state index contributed by atoms with van der Waals surface area (Å²) in [4.78, 5) is 25.1. The van der Waals surface area contributed by atoms with Crippen LogP contribution in [0.4, 0.5) is 0 Å². The van der Waals surface area contributed by atoms with Crippen molar-refractivity contribution in [1.82, 2.24) is 9.47 Å². The molecule has 0 radical (unpaired) electrons. The number of carbonyl (C=O) groups excluding carboxylic acids is 1. The Morgan fingerprint density at radius 2 is 2.00 bits per heavy atom. The van der Waals surface area contributed by atoms with Crippen LogP contribution in [0.1, 0.15) is 10.4 Å². The Hall–Kier alpha value is -1.43. The van der Waals surface area contributed by atoms with Crippen LogP contribution in [0.2, 0.25) is 0 Å². The van der Waals surface area contributed by atoms with Crippen LogP contribution < -0.4 is 5.56 Å². The lowest BCUT2D eigenvalue weighted by Gasteiger charge is -2.26. The van der Waals surface area contributed by atoms with Gasteiger partial charge in [0.1, 0.15) is 0 Å². The highest BCUT2D eigenvalue weighted by atomic mass is 32.2. The number of aryl methyl sites for hydroxylation is 1. The Morgan fingerprint density at radius 1 is 1.35 bits per heavy atom. The molecule has 1 fully saturated rings.